The van der Waals surface area contributed by atoms with Crippen LogP contribution in [0.2, 0.25) is 0 Å². The highest BCUT2D eigenvalue weighted by Crippen LogP contribution is 2.29. The van der Waals surface area contributed by atoms with Crippen LogP contribution in [-0.2, 0) is 6.54 Å². The van der Waals surface area contributed by atoms with Crippen molar-refractivity contribution >= 4 is 28.3 Å². The van der Waals surface area contributed by atoms with Gasteiger partial charge in [-0.2, -0.15) is 0 Å². The molecule has 3 nitrogen and oxygen atoms in total. The Morgan fingerprint density at radius 1 is 1.35 bits per heavy atom. The number of ether oxygens (including phenoxy) is 1. The third-order valence-electron chi connectivity index (χ3n) is 2.86. The molecule has 1 N–H and O–H groups in total. The van der Waals surface area contributed by atoms with Crippen LogP contribution in [0, 0.1) is 0 Å². The number of halogens is 2. The maximum Gasteiger partial charge on any atom is 0.137 e. The van der Waals surface area contributed by atoms with Crippen LogP contribution in [0.25, 0.3) is 0 Å². The highest BCUT2D eigenvalue weighted by atomic mass is 79.9. The lowest BCUT2D eigenvalue weighted by Gasteiger charge is -2.27. The van der Waals surface area contributed by atoms with Crippen molar-refractivity contribution in [1.29, 1.82) is 0 Å². The van der Waals surface area contributed by atoms with Gasteiger partial charge in [0.25, 0.3) is 0 Å². The number of benzene rings is 1. The maximum absolute atomic E-state index is 5.43. The molecule has 1 aliphatic heterocycles. The predicted octanol–water partition coefficient (Wildman–Crippen LogP) is 2.28. The number of piperazine rings is 1. The quantitative estimate of drug-likeness (QED) is 0.924. The van der Waals surface area contributed by atoms with E-state index < -0.39 is 0 Å². The average molecular weight is 322 g/mol. The summed E-state index contributed by atoms with van der Waals surface area (Å²) in [4.78, 5) is 2.45. The van der Waals surface area contributed by atoms with Gasteiger partial charge in [0.2, 0.25) is 0 Å². The summed E-state index contributed by atoms with van der Waals surface area (Å²) in [5.74, 6) is 0.959. The normalized spacial score (nSPS) is 16.4. The SMILES string of the molecule is COc1c(Br)cccc1CN1CCNCC1.Cl. The molecule has 1 aliphatic rings. The number of nitrogens with one attached hydrogen (secondary N) is 1. The van der Waals surface area contributed by atoms with Gasteiger partial charge in [-0.1, -0.05) is 12.1 Å². The van der Waals surface area contributed by atoms with E-state index >= 15 is 0 Å². The van der Waals surface area contributed by atoms with E-state index in [9.17, 15) is 0 Å². The Hall–Kier alpha value is -0.290. The van der Waals surface area contributed by atoms with Gasteiger partial charge in [0, 0.05) is 38.3 Å². The summed E-state index contributed by atoms with van der Waals surface area (Å²) >= 11 is 3.52. The van der Waals surface area contributed by atoms with Crippen molar-refractivity contribution in [3.8, 4) is 5.75 Å². The van der Waals surface area contributed by atoms with E-state index in [4.69, 9.17) is 4.74 Å². The smallest absolute Gasteiger partial charge is 0.137 e. The fraction of sp³-hybridized carbons (Fsp3) is 0.500. The largest absolute Gasteiger partial charge is 0.495 e. The van der Waals surface area contributed by atoms with Crippen molar-refractivity contribution in [2.75, 3.05) is 33.3 Å². The molecular formula is C12H18BrClN2O. The zero-order valence-electron chi connectivity index (χ0n) is 9.91. The van der Waals surface area contributed by atoms with Gasteiger partial charge >= 0.3 is 0 Å². The van der Waals surface area contributed by atoms with E-state index in [0.29, 0.717) is 0 Å². The zero-order valence-corrected chi connectivity index (χ0v) is 12.3. The number of hydrogen-bond donors (Lipinski definition) is 1. The Labute approximate surface area is 117 Å². The highest BCUT2D eigenvalue weighted by molar-refractivity contribution is 9.10. The number of methoxy groups -OCH3 is 1. The van der Waals surface area contributed by atoms with Crippen molar-refractivity contribution in [2.24, 2.45) is 0 Å². The van der Waals surface area contributed by atoms with Crippen LogP contribution in [0.4, 0.5) is 0 Å². The summed E-state index contributed by atoms with van der Waals surface area (Å²) < 4.78 is 6.46. The summed E-state index contributed by atoms with van der Waals surface area (Å²) in [7, 11) is 1.72. The monoisotopic (exact) mass is 320 g/mol. The molecule has 0 atom stereocenters. The Morgan fingerprint density at radius 2 is 2.06 bits per heavy atom. The van der Waals surface area contributed by atoms with Gasteiger partial charge < -0.3 is 10.1 Å². The third kappa shape index (κ3) is 3.85. The molecule has 0 bridgehead atoms. The summed E-state index contributed by atoms with van der Waals surface area (Å²) in [5.41, 5.74) is 1.25. The van der Waals surface area contributed by atoms with Crippen molar-refractivity contribution in [3.63, 3.8) is 0 Å². The van der Waals surface area contributed by atoms with E-state index in [2.05, 4.69) is 38.3 Å². The minimum absolute atomic E-state index is 0. The lowest BCUT2D eigenvalue weighted by Crippen LogP contribution is -2.42. The fourth-order valence-corrected chi connectivity index (χ4v) is 2.59. The van der Waals surface area contributed by atoms with Crippen molar-refractivity contribution < 1.29 is 4.74 Å². The molecule has 96 valence electrons. The van der Waals surface area contributed by atoms with E-state index in [0.717, 1.165) is 42.9 Å². The third-order valence-corrected chi connectivity index (χ3v) is 3.48. The van der Waals surface area contributed by atoms with Gasteiger partial charge in [0.15, 0.2) is 0 Å². The van der Waals surface area contributed by atoms with Crippen molar-refractivity contribution in [2.45, 2.75) is 6.54 Å². The first-order valence-electron chi connectivity index (χ1n) is 5.55. The molecule has 0 aromatic heterocycles. The second-order valence-electron chi connectivity index (χ2n) is 3.96. The fourth-order valence-electron chi connectivity index (χ4n) is 2.02. The molecule has 1 aromatic rings. The zero-order chi connectivity index (χ0) is 11.4. The van der Waals surface area contributed by atoms with E-state index in [1.807, 2.05) is 6.07 Å². The number of nitrogens with zero attached hydrogens (tertiary/aromatic N) is 1. The second kappa shape index (κ2) is 7.21. The summed E-state index contributed by atoms with van der Waals surface area (Å²) in [5, 5.41) is 3.36. The molecule has 5 heteroatoms. The van der Waals surface area contributed by atoms with Gasteiger partial charge in [0.05, 0.1) is 11.6 Å². The van der Waals surface area contributed by atoms with Gasteiger partial charge in [-0.3, -0.25) is 4.90 Å². The molecule has 0 saturated carbocycles. The molecule has 0 amide bonds. The first kappa shape index (κ1) is 14.8. The Bertz CT molecular complexity index is 356. The Balaban J connectivity index is 0.00000144. The van der Waals surface area contributed by atoms with Crippen LogP contribution in [0.3, 0.4) is 0 Å². The van der Waals surface area contributed by atoms with Crippen molar-refractivity contribution in [3.05, 3.63) is 28.2 Å². The van der Waals surface area contributed by atoms with Crippen LogP contribution in [-0.4, -0.2) is 38.2 Å². The van der Waals surface area contributed by atoms with Crippen LogP contribution < -0.4 is 10.1 Å². The van der Waals surface area contributed by atoms with E-state index in [1.54, 1.807) is 7.11 Å². The summed E-state index contributed by atoms with van der Waals surface area (Å²) in [6.07, 6.45) is 0. The Kier molecular flexibility index (Phi) is 6.27. The molecule has 0 radical (unpaired) electrons. The molecule has 2 rings (SSSR count). The average Bonchev–Trinajstić information content (AvgIpc) is 2.31. The molecule has 1 saturated heterocycles. The van der Waals surface area contributed by atoms with Gasteiger partial charge in [0.1, 0.15) is 5.75 Å². The second-order valence-corrected chi connectivity index (χ2v) is 4.81. The Morgan fingerprint density at radius 3 is 2.71 bits per heavy atom. The minimum Gasteiger partial charge on any atom is -0.495 e. The predicted molar refractivity (Wildman–Crippen MR) is 76.1 cm³/mol. The molecule has 0 spiro atoms. The molecule has 0 aliphatic carbocycles. The molecule has 1 heterocycles. The number of hydrogen-bond acceptors (Lipinski definition) is 3. The topological polar surface area (TPSA) is 24.5 Å². The number of para-hydroxylation sites is 1. The van der Waals surface area contributed by atoms with E-state index in [-0.39, 0.29) is 12.4 Å². The maximum atomic E-state index is 5.43. The number of rotatable bonds is 3. The van der Waals surface area contributed by atoms with Crippen molar-refractivity contribution in [1.82, 2.24) is 10.2 Å². The first-order chi connectivity index (χ1) is 7.81. The van der Waals surface area contributed by atoms with Gasteiger partial charge in [-0.15, -0.1) is 12.4 Å². The minimum atomic E-state index is 0. The van der Waals surface area contributed by atoms with Crippen LogP contribution in [0.1, 0.15) is 5.56 Å². The van der Waals surface area contributed by atoms with E-state index in [1.165, 1.54) is 5.56 Å². The van der Waals surface area contributed by atoms with Crippen LogP contribution in [0.15, 0.2) is 22.7 Å². The molecule has 17 heavy (non-hydrogen) atoms. The van der Waals surface area contributed by atoms with Gasteiger partial charge in [-0.05, 0) is 22.0 Å². The first-order valence-corrected chi connectivity index (χ1v) is 6.35. The van der Waals surface area contributed by atoms with Crippen LogP contribution >= 0.6 is 28.3 Å². The summed E-state index contributed by atoms with van der Waals surface area (Å²) in [6, 6.07) is 6.20. The lowest BCUT2D eigenvalue weighted by atomic mass is 10.2. The standard InChI is InChI=1S/C12H17BrN2O.ClH/c1-16-12-10(3-2-4-11(12)13)9-15-7-5-14-6-8-15;/h2-4,14H,5-9H2,1H3;1H. The molecular weight excluding hydrogens is 304 g/mol. The molecule has 1 aromatic carbocycles. The van der Waals surface area contributed by atoms with Gasteiger partial charge in [-0.25, -0.2) is 0 Å². The lowest BCUT2D eigenvalue weighted by molar-refractivity contribution is 0.230. The molecule has 1 fully saturated rings. The van der Waals surface area contributed by atoms with Crippen LogP contribution in [0.5, 0.6) is 5.75 Å². The highest BCUT2D eigenvalue weighted by Gasteiger charge is 2.13. The summed E-state index contributed by atoms with van der Waals surface area (Å²) in [6.45, 7) is 5.34. The molecule has 0 unspecified atom stereocenters.